The number of rotatable bonds is 6. The van der Waals surface area contributed by atoms with Gasteiger partial charge in [-0.2, -0.15) is 0 Å². The van der Waals surface area contributed by atoms with Crippen LogP contribution >= 0.6 is 23.2 Å². The van der Waals surface area contributed by atoms with Gasteiger partial charge in [0.15, 0.2) is 0 Å². The molecule has 118 valence electrons. The lowest BCUT2D eigenvalue weighted by atomic mass is 10.2. The van der Waals surface area contributed by atoms with Crippen LogP contribution in [0.5, 0.6) is 0 Å². The molecule has 22 heavy (non-hydrogen) atoms. The fraction of sp³-hybridized carbons (Fsp3) is 0.400. The summed E-state index contributed by atoms with van der Waals surface area (Å²) in [6.45, 7) is 3.36. The van der Waals surface area contributed by atoms with Crippen LogP contribution in [0.4, 0.5) is 0 Å². The van der Waals surface area contributed by atoms with Gasteiger partial charge < -0.3 is 15.1 Å². The first kappa shape index (κ1) is 16.8. The summed E-state index contributed by atoms with van der Waals surface area (Å²) in [4.78, 5) is 30.2. The molecule has 1 aromatic heterocycles. The number of benzene rings is 1. The van der Waals surface area contributed by atoms with Gasteiger partial charge in [0, 0.05) is 12.8 Å². The van der Waals surface area contributed by atoms with E-state index < -0.39 is 0 Å². The summed E-state index contributed by atoms with van der Waals surface area (Å²) in [5.41, 5.74) is 1.46. The lowest BCUT2D eigenvalue weighted by Crippen LogP contribution is -2.27. The molecule has 1 aromatic carbocycles. The number of carbonyl (C=O) groups excluding carboxylic acids is 2. The number of aromatic nitrogens is 2. The average Bonchev–Trinajstić information content (AvgIpc) is 2.81. The number of amides is 1. The zero-order valence-electron chi connectivity index (χ0n) is 12.4. The van der Waals surface area contributed by atoms with Crippen molar-refractivity contribution in [3.05, 3.63) is 28.0 Å². The predicted octanol–water partition coefficient (Wildman–Crippen LogP) is 3.81. The molecule has 0 aliphatic rings. The van der Waals surface area contributed by atoms with Crippen molar-refractivity contribution in [2.24, 2.45) is 0 Å². The highest BCUT2D eigenvalue weighted by Crippen LogP contribution is 2.27. The van der Waals surface area contributed by atoms with E-state index in [-0.39, 0.29) is 17.7 Å². The maximum Gasteiger partial charge on any atom is 0.220 e. The lowest BCUT2D eigenvalue weighted by Gasteiger charge is -2.11. The summed E-state index contributed by atoms with van der Waals surface area (Å²) < 4.78 is 0. The number of H-pyrrole nitrogens is 1. The number of hydrogen-bond donors (Lipinski definition) is 2. The molecule has 0 aliphatic carbocycles. The Hall–Kier alpha value is -1.59. The van der Waals surface area contributed by atoms with Gasteiger partial charge in [0.2, 0.25) is 5.91 Å². The molecule has 0 spiro atoms. The molecule has 0 bridgehead atoms. The van der Waals surface area contributed by atoms with Gasteiger partial charge in [-0.05, 0) is 32.4 Å². The average molecular weight is 342 g/mol. The number of imidazole rings is 1. The number of Topliss-reactive ketones (excluding diaryl/α,β-unsaturated/α-hetero) is 1. The number of nitrogens with one attached hydrogen (secondary N) is 2. The Morgan fingerprint density at radius 2 is 1.95 bits per heavy atom. The standard InChI is InChI=1S/C15H17Cl2N3O2/c1-8(21)4-3-5-14(22)18-9(2)15-19-12-6-10(16)11(17)7-13(12)20-15/h6-7,9H,3-5H2,1-2H3,(H,18,22)(H,19,20). The minimum absolute atomic E-state index is 0.0897. The normalized spacial score (nSPS) is 12.4. The quantitative estimate of drug-likeness (QED) is 0.838. The highest BCUT2D eigenvalue weighted by molar-refractivity contribution is 6.42. The van der Waals surface area contributed by atoms with Crippen molar-refractivity contribution in [1.82, 2.24) is 15.3 Å². The van der Waals surface area contributed by atoms with Crippen LogP contribution in [-0.2, 0) is 9.59 Å². The molecule has 2 rings (SSSR count). The molecule has 0 saturated heterocycles. The molecule has 5 nitrogen and oxygen atoms in total. The number of fused-ring (bicyclic) bond motifs is 1. The lowest BCUT2D eigenvalue weighted by molar-refractivity contribution is -0.122. The van der Waals surface area contributed by atoms with Crippen molar-refractivity contribution >= 4 is 45.9 Å². The molecule has 0 saturated carbocycles. The van der Waals surface area contributed by atoms with Gasteiger partial charge in [-0.1, -0.05) is 23.2 Å². The van der Waals surface area contributed by atoms with Gasteiger partial charge in [-0.3, -0.25) is 4.79 Å². The first-order valence-electron chi connectivity index (χ1n) is 7.00. The molecule has 0 radical (unpaired) electrons. The van der Waals surface area contributed by atoms with Crippen molar-refractivity contribution in [3.63, 3.8) is 0 Å². The summed E-state index contributed by atoms with van der Waals surface area (Å²) in [6, 6.07) is 3.12. The Balaban J connectivity index is 2.01. The van der Waals surface area contributed by atoms with Crippen molar-refractivity contribution in [1.29, 1.82) is 0 Å². The molecule has 1 amide bonds. The second-order valence-electron chi connectivity index (χ2n) is 5.25. The predicted molar refractivity (Wildman–Crippen MR) is 87.2 cm³/mol. The Bertz CT molecular complexity index is 673. The maximum absolute atomic E-state index is 11.8. The minimum atomic E-state index is -0.269. The Morgan fingerprint density at radius 1 is 1.27 bits per heavy atom. The number of carbonyl (C=O) groups is 2. The van der Waals surface area contributed by atoms with Crippen LogP contribution in [0.15, 0.2) is 12.1 Å². The van der Waals surface area contributed by atoms with Crippen LogP contribution in [0.2, 0.25) is 10.0 Å². The number of ketones is 1. The van der Waals surface area contributed by atoms with Crippen molar-refractivity contribution in [3.8, 4) is 0 Å². The summed E-state index contributed by atoms with van der Waals surface area (Å²) >= 11 is 11.9. The van der Waals surface area contributed by atoms with Crippen molar-refractivity contribution < 1.29 is 9.59 Å². The summed E-state index contributed by atoms with van der Waals surface area (Å²) in [6.07, 6.45) is 1.30. The molecule has 2 aromatic rings. The molecule has 1 unspecified atom stereocenters. The van der Waals surface area contributed by atoms with Crippen molar-refractivity contribution in [2.75, 3.05) is 0 Å². The molecule has 0 fully saturated rings. The second-order valence-corrected chi connectivity index (χ2v) is 6.06. The summed E-state index contributed by atoms with van der Waals surface area (Å²) in [7, 11) is 0. The minimum Gasteiger partial charge on any atom is -0.346 e. The van der Waals surface area contributed by atoms with Gasteiger partial charge in [0.25, 0.3) is 0 Å². The van der Waals surface area contributed by atoms with Crippen LogP contribution in [0.25, 0.3) is 11.0 Å². The van der Waals surface area contributed by atoms with Crippen LogP contribution in [0, 0.1) is 0 Å². The first-order chi connectivity index (χ1) is 10.4. The van der Waals surface area contributed by atoms with E-state index in [1.807, 2.05) is 6.92 Å². The molecule has 2 N–H and O–H groups in total. The van der Waals surface area contributed by atoms with E-state index in [1.165, 1.54) is 6.92 Å². The number of hydrogen-bond acceptors (Lipinski definition) is 3. The highest BCUT2D eigenvalue weighted by Gasteiger charge is 2.14. The third-order valence-electron chi connectivity index (χ3n) is 3.26. The number of nitrogens with zero attached hydrogens (tertiary/aromatic N) is 1. The van der Waals surface area contributed by atoms with Gasteiger partial charge >= 0.3 is 0 Å². The van der Waals surface area contributed by atoms with Gasteiger partial charge in [0.05, 0.1) is 27.1 Å². The van der Waals surface area contributed by atoms with Gasteiger partial charge in [-0.25, -0.2) is 4.98 Å². The number of halogens is 2. The molecule has 7 heteroatoms. The topological polar surface area (TPSA) is 74.8 Å². The van der Waals surface area contributed by atoms with Gasteiger partial charge in [0.1, 0.15) is 11.6 Å². The van der Waals surface area contributed by atoms with E-state index in [0.717, 1.165) is 5.52 Å². The van der Waals surface area contributed by atoms with Crippen LogP contribution in [-0.4, -0.2) is 21.7 Å². The molecular formula is C15H17Cl2N3O2. The molecule has 1 heterocycles. The zero-order valence-corrected chi connectivity index (χ0v) is 13.9. The first-order valence-corrected chi connectivity index (χ1v) is 7.76. The van der Waals surface area contributed by atoms with E-state index in [4.69, 9.17) is 23.2 Å². The third kappa shape index (κ3) is 4.21. The smallest absolute Gasteiger partial charge is 0.220 e. The second kappa shape index (κ2) is 7.11. The van der Waals surface area contributed by atoms with Crippen molar-refractivity contribution in [2.45, 2.75) is 39.2 Å². The number of aromatic amines is 1. The fourth-order valence-corrected chi connectivity index (χ4v) is 2.43. The van der Waals surface area contributed by atoms with E-state index in [1.54, 1.807) is 12.1 Å². The Labute approximate surface area is 138 Å². The maximum atomic E-state index is 11.8. The zero-order chi connectivity index (χ0) is 16.3. The molecule has 1 atom stereocenters. The molecule has 0 aliphatic heterocycles. The van der Waals surface area contributed by atoms with E-state index in [0.29, 0.717) is 40.6 Å². The SMILES string of the molecule is CC(=O)CCCC(=O)NC(C)c1nc2cc(Cl)c(Cl)cc2[nH]1. The van der Waals surface area contributed by atoms with E-state index in [9.17, 15) is 9.59 Å². The Morgan fingerprint density at radius 3 is 2.64 bits per heavy atom. The van der Waals surface area contributed by atoms with E-state index >= 15 is 0 Å². The largest absolute Gasteiger partial charge is 0.346 e. The summed E-state index contributed by atoms with van der Waals surface area (Å²) in [5.74, 6) is 0.616. The van der Waals surface area contributed by atoms with Crippen LogP contribution in [0.3, 0.4) is 0 Å². The van der Waals surface area contributed by atoms with Gasteiger partial charge in [-0.15, -0.1) is 0 Å². The highest BCUT2D eigenvalue weighted by atomic mass is 35.5. The third-order valence-corrected chi connectivity index (χ3v) is 3.98. The van der Waals surface area contributed by atoms with E-state index in [2.05, 4.69) is 15.3 Å². The molecular weight excluding hydrogens is 325 g/mol. The van der Waals surface area contributed by atoms with Crippen LogP contribution in [0.1, 0.15) is 45.0 Å². The monoisotopic (exact) mass is 341 g/mol. The fourth-order valence-electron chi connectivity index (χ4n) is 2.11. The van der Waals surface area contributed by atoms with Crippen LogP contribution < -0.4 is 5.32 Å². The summed E-state index contributed by atoms with van der Waals surface area (Å²) in [5, 5.41) is 3.74. The Kier molecular flexibility index (Phi) is 5.42.